The van der Waals surface area contributed by atoms with E-state index >= 15 is 0 Å². The molecule has 0 bridgehead atoms. The van der Waals surface area contributed by atoms with Crippen LogP contribution >= 0.6 is 0 Å². The van der Waals surface area contributed by atoms with E-state index < -0.39 is 23.4 Å². The number of aliphatic hydroxyl groups is 2. The van der Waals surface area contributed by atoms with Gasteiger partial charge in [-0.2, -0.15) is 0 Å². The van der Waals surface area contributed by atoms with Gasteiger partial charge in [0.2, 0.25) is 0 Å². The van der Waals surface area contributed by atoms with Crippen molar-refractivity contribution in [2.75, 3.05) is 0 Å². The van der Waals surface area contributed by atoms with E-state index in [4.69, 9.17) is 14.2 Å². The SMILES string of the molecule is C[C@@H](c1ccc2c(c1)[C@H](O)C[C@@H]1[C@H]2C[C@@H]2O[C@@]23CC=CC(=O)[C@]13C)[C@H]1C[C@]2(C)O[C@]2(C)[C@H](O)O1. The number of fused-ring (bicyclic) bond motifs is 5. The number of hydrogen-bond acceptors (Lipinski definition) is 6. The molecular formula is C28H34O6. The molecule has 3 aliphatic carbocycles. The number of epoxide rings is 2. The molecule has 1 spiro atoms. The van der Waals surface area contributed by atoms with Crippen molar-refractivity contribution in [2.24, 2.45) is 11.3 Å². The normalized spacial score (nSPS) is 53.1. The number of aliphatic hydroxyl groups excluding tert-OH is 2. The fourth-order valence-electron chi connectivity index (χ4n) is 8.17. The summed E-state index contributed by atoms with van der Waals surface area (Å²) in [5.74, 6) is 0.462. The molecule has 6 heteroatoms. The average molecular weight is 467 g/mol. The number of hydrogen-bond donors (Lipinski definition) is 2. The molecule has 1 aromatic carbocycles. The van der Waals surface area contributed by atoms with Crippen molar-refractivity contribution in [3.05, 3.63) is 47.0 Å². The van der Waals surface area contributed by atoms with E-state index in [9.17, 15) is 15.0 Å². The summed E-state index contributed by atoms with van der Waals surface area (Å²) in [6.07, 6.45) is 5.08. The van der Waals surface area contributed by atoms with Gasteiger partial charge in [0, 0.05) is 12.3 Å². The summed E-state index contributed by atoms with van der Waals surface area (Å²) < 4.78 is 18.1. The highest BCUT2D eigenvalue weighted by Crippen LogP contribution is 2.70. The number of rotatable bonds is 2. The van der Waals surface area contributed by atoms with E-state index in [0.717, 1.165) is 36.0 Å². The number of benzene rings is 1. The molecule has 3 saturated heterocycles. The first-order chi connectivity index (χ1) is 16.0. The topological polar surface area (TPSA) is 91.8 Å². The Bertz CT molecular complexity index is 1130. The van der Waals surface area contributed by atoms with Crippen LogP contribution in [0.4, 0.5) is 0 Å². The number of carbonyl (C=O) groups is 1. The van der Waals surface area contributed by atoms with Crippen LogP contribution in [0.15, 0.2) is 30.4 Å². The van der Waals surface area contributed by atoms with Crippen molar-refractivity contribution in [3.8, 4) is 0 Å². The van der Waals surface area contributed by atoms with Gasteiger partial charge in [0.1, 0.15) is 16.8 Å². The Kier molecular flexibility index (Phi) is 4.08. The van der Waals surface area contributed by atoms with Crippen molar-refractivity contribution in [1.29, 1.82) is 0 Å². The zero-order valence-electron chi connectivity index (χ0n) is 20.3. The van der Waals surface area contributed by atoms with Crippen molar-refractivity contribution >= 4 is 5.78 Å². The Morgan fingerprint density at radius 2 is 1.91 bits per heavy atom. The maximum atomic E-state index is 13.2. The lowest BCUT2D eigenvalue weighted by molar-refractivity contribution is -0.187. The van der Waals surface area contributed by atoms with Crippen LogP contribution < -0.4 is 0 Å². The fraction of sp³-hybridized carbons (Fsp3) is 0.679. The van der Waals surface area contributed by atoms with Crippen molar-refractivity contribution in [2.45, 2.75) is 107 Å². The predicted octanol–water partition coefficient (Wildman–Crippen LogP) is 3.66. The Labute approximate surface area is 200 Å². The smallest absolute Gasteiger partial charge is 0.186 e. The quantitative estimate of drug-likeness (QED) is 0.647. The zero-order valence-corrected chi connectivity index (χ0v) is 20.3. The van der Waals surface area contributed by atoms with E-state index in [1.165, 1.54) is 0 Å². The molecule has 0 amide bonds. The second kappa shape index (κ2) is 6.40. The van der Waals surface area contributed by atoms with E-state index in [-0.39, 0.29) is 46.9 Å². The molecule has 11 atom stereocenters. The Balaban J connectivity index is 1.21. The summed E-state index contributed by atoms with van der Waals surface area (Å²) in [7, 11) is 0. The maximum absolute atomic E-state index is 13.2. The fourth-order valence-corrected chi connectivity index (χ4v) is 8.17. The highest BCUT2D eigenvalue weighted by atomic mass is 16.7. The molecule has 4 fully saturated rings. The first-order valence-electron chi connectivity index (χ1n) is 12.8. The maximum Gasteiger partial charge on any atom is 0.186 e. The summed E-state index contributed by atoms with van der Waals surface area (Å²) >= 11 is 0. The molecule has 6 aliphatic rings. The van der Waals surface area contributed by atoms with Crippen molar-refractivity contribution in [1.82, 2.24) is 0 Å². The number of allylic oxidation sites excluding steroid dienone is 1. The molecule has 7 rings (SSSR count). The third-order valence-corrected chi connectivity index (χ3v) is 10.8. The van der Waals surface area contributed by atoms with Crippen molar-refractivity contribution < 1.29 is 29.2 Å². The molecule has 0 radical (unpaired) electrons. The van der Waals surface area contributed by atoms with Gasteiger partial charge in [0.15, 0.2) is 12.1 Å². The third kappa shape index (κ3) is 2.42. The molecule has 3 heterocycles. The first-order valence-corrected chi connectivity index (χ1v) is 12.8. The van der Waals surface area contributed by atoms with Gasteiger partial charge in [0.05, 0.1) is 23.7 Å². The highest BCUT2D eigenvalue weighted by molar-refractivity contribution is 5.98. The molecule has 1 aromatic rings. The Morgan fingerprint density at radius 1 is 1.12 bits per heavy atom. The van der Waals surface area contributed by atoms with Crippen LogP contribution in [0.2, 0.25) is 0 Å². The molecule has 0 aromatic heterocycles. The van der Waals surface area contributed by atoms with Crippen LogP contribution in [-0.4, -0.2) is 51.3 Å². The van der Waals surface area contributed by atoms with E-state index in [1.807, 2.05) is 19.9 Å². The summed E-state index contributed by atoms with van der Waals surface area (Å²) in [6, 6.07) is 6.42. The summed E-state index contributed by atoms with van der Waals surface area (Å²) in [5, 5.41) is 21.8. The minimum atomic E-state index is -0.938. The lowest BCUT2D eigenvalue weighted by Gasteiger charge is -2.52. The van der Waals surface area contributed by atoms with Crippen LogP contribution in [0, 0.1) is 11.3 Å². The second-order valence-electron chi connectivity index (χ2n) is 12.2. The molecule has 2 N–H and O–H groups in total. The Morgan fingerprint density at radius 3 is 2.68 bits per heavy atom. The lowest BCUT2D eigenvalue weighted by Crippen LogP contribution is -2.56. The largest absolute Gasteiger partial charge is 0.388 e. The van der Waals surface area contributed by atoms with Gasteiger partial charge in [-0.25, -0.2) is 0 Å². The monoisotopic (exact) mass is 466 g/mol. The highest BCUT2D eigenvalue weighted by Gasteiger charge is 2.76. The standard InChI is InChI=1S/C28H34O6/c1-14(21-13-25(2)27(4,34-25)24(31)32-21)15-7-8-16-17-11-23-28(33-23)9-5-6-22(30)26(28,3)19(17)12-20(29)18(16)10-15/h5-8,10,14,17,19-21,23-24,29,31H,9,11-13H2,1-4H3/t14-,17-,19+,20+,21+,23-,24+,25-,26-,27+,28-/m0/s1. The molecule has 0 unspecified atom stereocenters. The number of ketones is 1. The van der Waals surface area contributed by atoms with E-state index in [0.29, 0.717) is 6.42 Å². The second-order valence-corrected chi connectivity index (χ2v) is 12.2. The van der Waals surface area contributed by atoms with Gasteiger partial charge in [-0.05, 0) is 74.6 Å². The average Bonchev–Trinajstić information content (AvgIpc) is 3.66. The van der Waals surface area contributed by atoms with E-state index in [2.05, 4.69) is 32.0 Å². The molecule has 1 saturated carbocycles. The van der Waals surface area contributed by atoms with Crippen LogP contribution in [0.25, 0.3) is 0 Å². The van der Waals surface area contributed by atoms with Gasteiger partial charge in [-0.3, -0.25) is 4.79 Å². The summed E-state index contributed by atoms with van der Waals surface area (Å²) in [4.78, 5) is 13.2. The minimum Gasteiger partial charge on any atom is -0.388 e. The lowest BCUT2D eigenvalue weighted by atomic mass is 9.49. The summed E-state index contributed by atoms with van der Waals surface area (Å²) in [5.41, 5.74) is 1.28. The molecule has 34 heavy (non-hydrogen) atoms. The van der Waals surface area contributed by atoms with Gasteiger partial charge in [0.25, 0.3) is 0 Å². The number of carbonyl (C=O) groups excluding carboxylic acids is 1. The molecule has 6 nitrogen and oxygen atoms in total. The van der Waals surface area contributed by atoms with Gasteiger partial charge in [-0.15, -0.1) is 0 Å². The predicted molar refractivity (Wildman–Crippen MR) is 123 cm³/mol. The van der Waals surface area contributed by atoms with Gasteiger partial charge >= 0.3 is 0 Å². The van der Waals surface area contributed by atoms with E-state index in [1.54, 1.807) is 6.08 Å². The zero-order chi connectivity index (χ0) is 23.8. The Hall–Kier alpha value is -1.57. The van der Waals surface area contributed by atoms with Gasteiger partial charge in [-0.1, -0.05) is 31.2 Å². The van der Waals surface area contributed by atoms with Crippen LogP contribution in [0.3, 0.4) is 0 Å². The number of ether oxygens (including phenoxy) is 3. The summed E-state index contributed by atoms with van der Waals surface area (Å²) in [6.45, 7) is 8.14. The molecular weight excluding hydrogens is 432 g/mol. The first kappa shape index (κ1) is 21.7. The van der Waals surface area contributed by atoms with Crippen molar-refractivity contribution in [3.63, 3.8) is 0 Å². The molecule has 3 aliphatic heterocycles. The minimum absolute atomic E-state index is 0.0452. The van der Waals surface area contributed by atoms with Crippen LogP contribution in [0.5, 0.6) is 0 Å². The van der Waals surface area contributed by atoms with Crippen LogP contribution in [-0.2, 0) is 19.0 Å². The van der Waals surface area contributed by atoms with Crippen LogP contribution in [0.1, 0.15) is 88.0 Å². The van der Waals surface area contributed by atoms with Gasteiger partial charge < -0.3 is 24.4 Å². The third-order valence-electron chi connectivity index (χ3n) is 10.8. The molecule has 182 valence electrons.